The van der Waals surface area contributed by atoms with Gasteiger partial charge in [-0.3, -0.25) is 0 Å². The summed E-state index contributed by atoms with van der Waals surface area (Å²) < 4.78 is 0. The molecule has 18 heavy (non-hydrogen) atoms. The van der Waals surface area contributed by atoms with E-state index in [9.17, 15) is 0 Å². The van der Waals surface area contributed by atoms with Crippen LogP contribution >= 0.6 is 11.3 Å². The molecule has 5 nitrogen and oxygen atoms in total. The minimum absolute atomic E-state index is 0.541. The van der Waals surface area contributed by atoms with Crippen molar-refractivity contribution < 1.29 is 0 Å². The van der Waals surface area contributed by atoms with Gasteiger partial charge >= 0.3 is 0 Å². The number of nitrogens with zero attached hydrogens (tertiary/aromatic N) is 3. The summed E-state index contributed by atoms with van der Waals surface area (Å²) in [6, 6.07) is 0. The van der Waals surface area contributed by atoms with E-state index in [0.717, 1.165) is 34.3 Å². The van der Waals surface area contributed by atoms with E-state index >= 15 is 0 Å². The maximum atomic E-state index is 5.87. The molecule has 0 saturated heterocycles. The normalized spacial score (nSPS) is 10.6. The molecule has 2 aromatic rings. The second-order valence-corrected chi connectivity index (χ2v) is 5.03. The molecule has 0 amide bonds. The Morgan fingerprint density at radius 3 is 2.67 bits per heavy atom. The van der Waals surface area contributed by atoms with Crippen molar-refractivity contribution in [1.82, 2.24) is 15.0 Å². The van der Waals surface area contributed by atoms with E-state index in [1.165, 1.54) is 0 Å². The van der Waals surface area contributed by atoms with Gasteiger partial charge in [0.2, 0.25) is 0 Å². The van der Waals surface area contributed by atoms with E-state index in [0.29, 0.717) is 12.4 Å². The summed E-state index contributed by atoms with van der Waals surface area (Å²) in [4.78, 5) is 13.1. The molecule has 0 saturated carbocycles. The number of nitrogens with two attached hydrogens (primary N) is 1. The fraction of sp³-hybridized carbons (Fsp3) is 0.417. The third-order valence-corrected chi connectivity index (χ3v) is 3.59. The summed E-state index contributed by atoms with van der Waals surface area (Å²) in [5.41, 5.74) is 7.80. The Balaban J connectivity index is 2.15. The molecule has 0 fully saturated rings. The predicted molar refractivity (Wildman–Crippen MR) is 74.7 cm³/mol. The molecular weight excluding hydrogens is 246 g/mol. The molecule has 0 aromatic carbocycles. The highest BCUT2D eigenvalue weighted by atomic mass is 32.1. The van der Waals surface area contributed by atoms with Crippen LogP contribution in [0.2, 0.25) is 0 Å². The zero-order valence-electron chi connectivity index (χ0n) is 10.8. The number of hydrogen-bond donors (Lipinski definition) is 2. The first-order valence-electron chi connectivity index (χ1n) is 5.88. The predicted octanol–water partition coefficient (Wildman–Crippen LogP) is 2.31. The van der Waals surface area contributed by atoms with Crippen molar-refractivity contribution >= 4 is 23.0 Å². The second-order valence-electron chi connectivity index (χ2n) is 4.09. The van der Waals surface area contributed by atoms with E-state index in [1.807, 2.05) is 26.2 Å². The molecule has 0 aliphatic rings. The Bertz CT molecular complexity index is 549. The molecule has 3 N–H and O–H groups in total. The van der Waals surface area contributed by atoms with E-state index in [2.05, 4.69) is 20.3 Å². The number of aromatic nitrogens is 3. The first kappa shape index (κ1) is 12.8. The molecule has 0 aliphatic heterocycles. The first-order valence-corrected chi connectivity index (χ1v) is 6.76. The van der Waals surface area contributed by atoms with Crippen LogP contribution < -0.4 is 11.1 Å². The van der Waals surface area contributed by atoms with Crippen molar-refractivity contribution in [3.05, 3.63) is 27.5 Å². The number of nitrogens with one attached hydrogen (secondary N) is 1. The fourth-order valence-electron chi connectivity index (χ4n) is 1.56. The molecule has 6 heteroatoms. The Hall–Kier alpha value is -1.69. The fourth-order valence-corrected chi connectivity index (χ4v) is 2.27. The van der Waals surface area contributed by atoms with Gasteiger partial charge < -0.3 is 11.1 Å². The van der Waals surface area contributed by atoms with Crippen LogP contribution in [0.5, 0.6) is 0 Å². The minimum atomic E-state index is 0.541. The van der Waals surface area contributed by atoms with Crippen molar-refractivity contribution in [1.29, 1.82) is 0 Å². The molecule has 0 unspecified atom stereocenters. The maximum Gasteiger partial charge on any atom is 0.135 e. The lowest BCUT2D eigenvalue weighted by Crippen LogP contribution is -2.09. The zero-order valence-corrected chi connectivity index (χ0v) is 11.6. The highest BCUT2D eigenvalue weighted by Gasteiger charge is 2.08. The number of thiazole rings is 1. The molecular formula is C12H17N5S. The molecule has 0 aliphatic carbocycles. The van der Waals surface area contributed by atoms with Crippen LogP contribution in [0.1, 0.15) is 29.0 Å². The van der Waals surface area contributed by atoms with Gasteiger partial charge in [-0.2, -0.15) is 0 Å². The van der Waals surface area contributed by atoms with E-state index in [4.69, 9.17) is 5.73 Å². The smallest absolute Gasteiger partial charge is 0.135 e. The van der Waals surface area contributed by atoms with Crippen LogP contribution in [0.3, 0.4) is 0 Å². The van der Waals surface area contributed by atoms with Crippen molar-refractivity contribution in [2.24, 2.45) is 0 Å². The average molecular weight is 263 g/mol. The van der Waals surface area contributed by atoms with Gasteiger partial charge in [0.05, 0.1) is 6.54 Å². The van der Waals surface area contributed by atoms with Crippen LogP contribution in [0.15, 0.2) is 5.38 Å². The van der Waals surface area contributed by atoms with Crippen LogP contribution in [0.25, 0.3) is 0 Å². The summed E-state index contributed by atoms with van der Waals surface area (Å²) >= 11 is 1.64. The van der Waals surface area contributed by atoms with Crippen LogP contribution in [-0.2, 0) is 13.0 Å². The highest BCUT2D eigenvalue weighted by Crippen LogP contribution is 2.19. The molecule has 2 aromatic heterocycles. The van der Waals surface area contributed by atoms with Crippen LogP contribution in [-0.4, -0.2) is 15.0 Å². The van der Waals surface area contributed by atoms with Gasteiger partial charge in [-0.15, -0.1) is 11.3 Å². The summed E-state index contributed by atoms with van der Waals surface area (Å²) in [5.74, 6) is 2.10. The van der Waals surface area contributed by atoms with Crippen LogP contribution in [0.4, 0.5) is 11.6 Å². The third kappa shape index (κ3) is 2.76. The molecule has 0 radical (unpaired) electrons. The highest BCUT2D eigenvalue weighted by molar-refractivity contribution is 7.09. The Labute approximate surface area is 111 Å². The molecule has 0 spiro atoms. The van der Waals surface area contributed by atoms with Gasteiger partial charge in [-0.05, 0) is 13.8 Å². The lowest BCUT2D eigenvalue weighted by molar-refractivity contribution is 0.926. The first-order chi connectivity index (χ1) is 8.60. The molecule has 2 rings (SSSR count). The van der Waals surface area contributed by atoms with Crippen molar-refractivity contribution in [2.75, 3.05) is 11.1 Å². The third-order valence-electron chi connectivity index (χ3n) is 2.62. The molecule has 0 atom stereocenters. The van der Waals surface area contributed by atoms with E-state index < -0.39 is 0 Å². The largest absolute Gasteiger partial charge is 0.383 e. The Kier molecular flexibility index (Phi) is 3.76. The van der Waals surface area contributed by atoms with Gasteiger partial charge in [0.1, 0.15) is 22.5 Å². The Morgan fingerprint density at radius 1 is 1.28 bits per heavy atom. The maximum absolute atomic E-state index is 5.87. The SMILES string of the molecule is CCc1nc(N)c(C)c(NCc2nc(C)cs2)n1. The standard InChI is InChI=1S/C12H17N5S/c1-4-9-16-11(13)8(3)12(17-9)14-5-10-15-7(2)6-18-10/h6H,4-5H2,1-3H3,(H3,13,14,16,17). The number of anilines is 2. The van der Waals surface area contributed by atoms with Crippen LogP contribution in [0, 0.1) is 13.8 Å². The average Bonchev–Trinajstić information content (AvgIpc) is 2.77. The number of rotatable bonds is 4. The van der Waals surface area contributed by atoms with E-state index in [-0.39, 0.29) is 0 Å². The monoisotopic (exact) mass is 263 g/mol. The lowest BCUT2D eigenvalue weighted by Gasteiger charge is -2.10. The quantitative estimate of drug-likeness (QED) is 0.885. The van der Waals surface area contributed by atoms with Gasteiger partial charge in [0.15, 0.2) is 0 Å². The summed E-state index contributed by atoms with van der Waals surface area (Å²) in [6.45, 7) is 6.59. The molecule has 96 valence electrons. The summed E-state index contributed by atoms with van der Waals surface area (Å²) in [7, 11) is 0. The second kappa shape index (κ2) is 5.30. The van der Waals surface area contributed by atoms with Crippen molar-refractivity contribution in [3.63, 3.8) is 0 Å². The van der Waals surface area contributed by atoms with Gasteiger partial charge in [0, 0.05) is 23.1 Å². The number of hydrogen-bond acceptors (Lipinski definition) is 6. The minimum Gasteiger partial charge on any atom is -0.383 e. The van der Waals surface area contributed by atoms with Gasteiger partial charge in [-0.25, -0.2) is 15.0 Å². The number of nitrogen functional groups attached to an aromatic ring is 1. The Morgan fingerprint density at radius 2 is 2.06 bits per heavy atom. The zero-order chi connectivity index (χ0) is 13.1. The molecule has 0 bridgehead atoms. The topological polar surface area (TPSA) is 76.7 Å². The lowest BCUT2D eigenvalue weighted by atomic mass is 10.3. The van der Waals surface area contributed by atoms with Crippen molar-refractivity contribution in [2.45, 2.75) is 33.7 Å². The van der Waals surface area contributed by atoms with Gasteiger partial charge in [0.25, 0.3) is 0 Å². The number of aryl methyl sites for hydroxylation is 2. The summed E-state index contributed by atoms with van der Waals surface area (Å²) in [6.07, 6.45) is 0.773. The van der Waals surface area contributed by atoms with Gasteiger partial charge in [-0.1, -0.05) is 6.92 Å². The molecule has 2 heterocycles. The summed E-state index contributed by atoms with van der Waals surface area (Å²) in [5, 5.41) is 6.36. The van der Waals surface area contributed by atoms with E-state index in [1.54, 1.807) is 11.3 Å². The van der Waals surface area contributed by atoms with Crippen molar-refractivity contribution in [3.8, 4) is 0 Å².